The molecule has 0 fully saturated rings. The Labute approximate surface area is 150 Å². The van der Waals surface area contributed by atoms with Gasteiger partial charge >= 0.3 is 5.97 Å². The zero-order valence-corrected chi connectivity index (χ0v) is 14.7. The lowest BCUT2D eigenvalue weighted by atomic mass is 9.90. The fourth-order valence-electron chi connectivity index (χ4n) is 2.35. The van der Waals surface area contributed by atoms with Crippen LogP contribution in [0.25, 0.3) is 0 Å². The van der Waals surface area contributed by atoms with Gasteiger partial charge in [-0.2, -0.15) is 5.26 Å². The first-order chi connectivity index (χ1) is 12.2. The highest BCUT2D eigenvalue weighted by atomic mass is 16.5. The van der Waals surface area contributed by atoms with Crippen LogP contribution in [-0.4, -0.2) is 42.3 Å². The second-order valence-corrected chi connectivity index (χ2v) is 6.42. The number of hydrogen-bond donors (Lipinski definition) is 1. The zero-order chi connectivity index (χ0) is 19.5. The molecule has 1 heterocycles. The first-order valence-electron chi connectivity index (χ1n) is 8.02. The fourth-order valence-corrected chi connectivity index (χ4v) is 2.35. The van der Waals surface area contributed by atoms with E-state index in [1.54, 1.807) is 39.0 Å². The molecule has 0 radical (unpaired) electrons. The van der Waals surface area contributed by atoms with Crippen LogP contribution in [0.4, 0.5) is 5.69 Å². The van der Waals surface area contributed by atoms with E-state index in [0.29, 0.717) is 5.69 Å². The van der Waals surface area contributed by atoms with Crippen LogP contribution in [0.15, 0.2) is 24.3 Å². The third-order valence-corrected chi connectivity index (χ3v) is 4.32. The summed E-state index contributed by atoms with van der Waals surface area (Å²) in [5.41, 5.74) is -0.523. The van der Waals surface area contributed by atoms with E-state index in [9.17, 15) is 24.4 Å². The number of nitrogens with one attached hydrogen (secondary N) is 1. The Bertz CT molecular complexity index is 811. The number of ketones is 1. The number of carbonyl (C=O) groups is 4. The average molecular weight is 357 g/mol. The van der Waals surface area contributed by atoms with Gasteiger partial charge in [0, 0.05) is 0 Å². The van der Waals surface area contributed by atoms with Crippen LogP contribution < -0.4 is 10.2 Å². The number of anilines is 1. The van der Waals surface area contributed by atoms with Crippen LogP contribution in [0.2, 0.25) is 0 Å². The molecule has 0 bridgehead atoms. The van der Waals surface area contributed by atoms with E-state index in [4.69, 9.17) is 4.74 Å². The molecule has 1 aliphatic rings. The van der Waals surface area contributed by atoms with E-state index >= 15 is 0 Å². The first-order valence-corrected chi connectivity index (χ1v) is 8.02. The summed E-state index contributed by atoms with van der Waals surface area (Å²) in [5.74, 6) is -3.10. The summed E-state index contributed by atoms with van der Waals surface area (Å²) in [4.78, 5) is 48.7. The molecule has 1 aromatic carbocycles. The van der Waals surface area contributed by atoms with Crippen LogP contribution >= 0.6 is 0 Å². The van der Waals surface area contributed by atoms with Gasteiger partial charge in [-0.3, -0.25) is 24.1 Å². The zero-order valence-electron chi connectivity index (χ0n) is 14.7. The largest absolute Gasteiger partial charge is 0.454 e. The quantitative estimate of drug-likeness (QED) is 0.595. The van der Waals surface area contributed by atoms with Crippen molar-refractivity contribution in [3.05, 3.63) is 29.8 Å². The molecule has 8 heteroatoms. The maximum absolute atomic E-state index is 12.0. The van der Waals surface area contributed by atoms with E-state index in [-0.39, 0.29) is 11.5 Å². The van der Waals surface area contributed by atoms with Crippen molar-refractivity contribution >= 4 is 29.3 Å². The van der Waals surface area contributed by atoms with Gasteiger partial charge in [-0.05, 0) is 25.0 Å². The van der Waals surface area contributed by atoms with Crippen LogP contribution in [0.3, 0.4) is 0 Å². The van der Waals surface area contributed by atoms with Crippen molar-refractivity contribution in [3.63, 3.8) is 0 Å². The molecular weight excluding hydrogens is 338 g/mol. The number of hydrogen-bond acceptors (Lipinski definition) is 6. The molecule has 1 aromatic rings. The van der Waals surface area contributed by atoms with E-state index in [1.165, 1.54) is 6.07 Å². The minimum atomic E-state index is -1.08. The highest BCUT2D eigenvalue weighted by molar-refractivity contribution is 6.52. The molecule has 0 saturated heterocycles. The van der Waals surface area contributed by atoms with Crippen molar-refractivity contribution in [2.75, 3.05) is 18.1 Å². The Balaban J connectivity index is 1.94. The van der Waals surface area contributed by atoms with E-state index < -0.39 is 42.3 Å². The Morgan fingerprint density at radius 2 is 1.96 bits per heavy atom. The Hall–Kier alpha value is -3.21. The third-order valence-electron chi connectivity index (χ3n) is 4.32. The maximum Gasteiger partial charge on any atom is 0.326 e. The molecule has 0 aromatic heterocycles. The monoisotopic (exact) mass is 357 g/mol. The molecule has 0 aliphatic carbocycles. The number of para-hydroxylation sites is 1. The number of nitriles is 1. The molecule has 1 atom stereocenters. The summed E-state index contributed by atoms with van der Waals surface area (Å²) in [6.45, 7) is 4.07. The van der Waals surface area contributed by atoms with Crippen LogP contribution in [0, 0.1) is 17.2 Å². The molecule has 136 valence electrons. The predicted octanol–water partition coefficient (Wildman–Crippen LogP) is 0.814. The predicted molar refractivity (Wildman–Crippen MR) is 91.1 cm³/mol. The number of rotatable bonds is 6. The van der Waals surface area contributed by atoms with Gasteiger partial charge in [-0.1, -0.05) is 26.0 Å². The van der Waals surface area contributed by atoms with Crippen LogP contribution in [-0.2, 0) is 19.1 Å². The minimum absolute atomic E-state index is 0.142. The molecular formula is C18H19N3O5. The Morgan fingerprint density at radius 1 is 1.31 bits per heavy atom. The molecule has 0 spiro atoms. The van der Waals surface area contributed by atoms with E-state index in [0.717, 1.165) is 4.90 Å². The van der Waals surface area contributed by atoms with Crippen molar-refractivity contribution in [1.29, 1.82) is 5.26 Å². The SMILES string of the molecule is CC(C)[C@@](C)(C#N)NC(=O)COC(=O)CN1C(=O)C(=O)c2ccccc21. The second-order valence-electron chi connectivity index (χ2n) is 6.42. The van der Waals surface area contributed by atoms with Crippen molar-refractivity contribution in [2.24, 2.45) is 5.92 Å². The summed E-state index contributed by atoms with van der Waals surface area (Å²) < 4.78 is 4.87. The van der Waals surface area contributed by atoms with Gasteiger partial charge in [0.15, 0.2) is 6.61 Å². The van der Waals surface area contributed by atoms with Crippen LogP contribution in [0.1, 0.15) is 31.1 Å². The molecule has 1 aliphatic heterocycles. The van der Waals surface area contributed by atoms with Crippen molar-refractivity contribution < 1.29 is 23.9 Å². The molecule has 26 heavy (non-hydrogen) atoms. The van der Waals surface area contributed by atoms with Gasteiger partial charge in [-0.15, -0.1) is 0 Å². The summed E-state index contributed by atoms with van der Waals surface area (Å²) in [6, 6.07) is 8.34. The molecule has 2 amide bonds. The number of esters is 1. The molecule has 0 saturated carbocycles. The first kappa shape index (κ1) is 19.1. The van der Waals surface area contributed by atoms with Gasteiger partial charge in [0.1, 0.15) is 12.1 Å². The summed E-state index contributed by atoms with van der Waals surface area (Å²) in [7, 11) is 0. The van der Waals surface area contributed by atoms with Crippen molar-refractivity contribution in [1.82, 2.24) is 5.32 Å². The number of carbonyl (C=O) groups excluding carboxylic acids is 4. The number of ether oxygens (including phenoxy) is 1. The van der Waals surface area contributed by atoms with Gasteiger partial charge in [0.25, 0.3) is 17.6 Å². The number of Topliss-reactive ketones (excluding diaryl/α,β-unsaturated/α-hetero) is 1. The Kier molecular flexibility index (Phi) is 5.41. The highest BCUT2D eigenvalue weighted by Gasteiger charge is 2.37. The topological polar surface area (TPSA) is 117 Å². The summed E-state index contributed by atoms with van der Waals surface area (Å²) in [6.07, 6.45) is 0. The number of fused-ring (bicyclic) bond motifs is 1. The normalized spacial score (nSPS) is 15.3. The number of nitrogens with zero attached hydrogens (tertiary/aromatic N) is 2. The summed E-state index contributed by atoms with van der Waals surface area (Å²) in [5, 5.41) is 11.7. The van der Waals surface area contributed by atoms with Gasteiger partial charge in [0.05, 0.1) is 17.3 Å². The lowest BCUT2D eigenvalue weighted by Gasteiger charge is -2.27. The molecule has 0 unspecified atom stereocenters. The standard InChI is InChI=1S/C18H19N3O5/c1-11(2)18(3,10-19)20-14(22)9-26-15(23)8-21-13-7-5-4-6-12(13)16(24)17(21)25/h4-7,11H,8-9H2,1-3H3,(H,20,22)/t18-/m1/s1. The highest BCUT2D eigenvalue weighted by Crippen LogP contribution is 2.28. The average Bonchev–Trinajstić information content (AvgIpc) is 2.85. The molecule has 2 rings (SSSR count). The number of benzene rings is 1. The van der Waals surface area contributed by atoms with E-state index in [1.807, 2.05) is 6.07 Å². The van der Waals surface area contributed by atoms with E-state index in [2.05, 4.69) is 5.32 Å². The van der Waals surface area contributed by atoms with Gasteiger partial charge in [-0.25, -0.2) is 0 Å². The van der Waals surface area contributed by atoms with Crippen LogP contribution in [0.5, 0.6) is 0 Å². The van der Waals surface area contributed by atoms with Gasteiger partial charge < -0.3 is 10.1 Å². The van der Waals surface area contributed by atoms with Crippen molar-refractivity contribution in [3.8, 4) is 6.07 Å². The number of amides is 2. The lowest BCUT2D eigenvalue weighted by Crippen LogP contribution is -2.50. The third kappa shape index (κ3) is 3.72. The maximum atomic E-state index is 12.0. The van der Waals surface area contributed by atoms with Crippen molar-refractivity contribution in [2.45, 2.75) is 26.3 Å². The lowest BCUT2D eigenvalue weighted by molar-refractivity contribution is -0.148. The Morgan fingerprint density at radius 3 is 2.58 bits per heavy atom. The molecule has 1 N–H and O–H groups in total. The second kappa shape index (κ2) is 7.35. The molecule has 8 nitrogen and oxygen atoms in total. The summed E-state index contributed by atoms with van der Waals surface area (Å²) >= 11 is 0. The fraction of sp³-hybridized carbons (Fsp3) is 0.389. The smallest absolute Gasteiger partial charge is 0.326 e. The van der Waals surface area contributed by atoms with Gasteiger partial charge in [0.2, 0.25) is 0 Å². The minimum Gasteiger partial charge on any atom is -0.454 e.